The van der Waals surface area contributed by atoms with Crippen LogP contribution >= 0.6 is 0 Å². The van der Waals surface area contributed by atoms with Crippen molar-refractivity contribution in [1.82, 2.24) is 5.43 Å². The summed E-state index contributed by atoms with van der Waals surface area (Å²) in [5.41, 5.74) is 4.07. The Morgan fingerprint density at radius 3 is 2.39 bits per heavy atom. The number of sulfonamides is 1. The lowest BCUT2D eigenvalue weighted by atomic mass is 9.72. The molecule has 28 heavy (non-hydrogen) atoms. The van der Waals surface area contributed by atoms with Gasteiger partial charge in [0.25, 0.3) is 5.91 Å². The SMILES string of the molecule is COc1ccccc1N(CC(=O)NN=C1CCC(C(C)(C)C)CC1)S(C)(=O)=O. The fourth-order valence-electron chi connectivity index (χ4n) is 3.45. The van der Waals surface area contributed by atoms with Crippen molar-refractivity contribution in [3.8, 4) is 5.75 Å². The maximum Gasteiger partial charge on any atom is 0.260 e. The quantitative estimate of drug-likeness (QED) is 0.731. The summed E-state index contributed by atoms with van der Waals surface area (Å²) in [5, 5.41) is 4.24. The summed E-state index contributed by atoms with van der Waals surface area (Å²) in [7, 11) is -2.21. The first-order valence-electron chi connectivity index (χ1n) is 9.47. The highest BCUT2D eigenvalue weighted by Gasteiger charge is 2.28. The molecule has 0 heterocycles. The second-order valence-corrected chi connectivity index (χ2v) is 10.2. The van der Waals surface area contributed by atoms with Crippen molar-refractivity contribution in [2.24, 2.45) is 16.4 Å². The highest BCUT2D eigenvalue weighted by atomic mass is 32.2. The predicted octanol–water partition coefficient (Wildman–Crippen LogP) is 3.17. The molecular formula is C20H31N3O4S. The zero-order chi connectivity index (χ0) is 20.9. The van der Waals surface area contributed by atoms with E-state index in [0.29, 0.717) is 17.4 Å². The van der Waals surface area contributed by atoms with Gasteiger partial charge >= 0.3 is 0 Å². The van der Waals surface area contributed by atoms with Gasteiger partial charge in [0.2, 0.25) is 10.0 Å². The third-order valence-electron chi connectivity index (χ3n) is 5.17. The average molecular weight is 410 g/mol. The maximum atomic E-state index is 12.4. The van der Waals surface area contributed by atoms with Gasteiger partial charge in [0, 0.05) is 5.71 Å². The standard InChI is InChI=1S/C20H31N3O4S/c1-20(2,3)15-10-12-16(13-11-15)21-22-19(24)14-23(28(5,25)26)17-8-6-7-9-18(17)27-4/h6-9,15H,10-14H2,1-5H3,(H,22,24). The normalized spacial score (nSPS) is 17.8. The van der Waals surface area contributed by atoms with Crippen LogP contribution in [0.5, 0.6) is 5.75 Å². The van der Waals surface area contributed by atoms with Gasteiger partial charge in [0.1, 0.15) is 12.3 Å². The Bertz CT molecular complexity index is 818. The first kappa shape index (κ1) is 22.2. The van der Waals surface area contributed by atoms with Gasteiger partial charge in [-0.05, 0) is 49.1 Å². The van der Waals surface area contributed by atoms with Crippen molar-refractivity contribution >= 4 is 27.3 Å². The summed E-state index contributed by atoms with van der Waals surface area (Å²) in [6.07, 6.45) is 4.87. The minimum absolute atomic E-state index is 0.277. The van der Waals surface area contributed by atoms with Crippen molar-refractivity contribution in [2.45, 2.75) is 46.5 Å². The van der Waals surface area contributed by atoms with E-state index >= 15 is 0 Å². The van der Waals surface area contributed by atoms with Crippen LogP contribution in [0.4, 0.5) is 5.69 Å². The third kappa shape index (κ3) is 5.95. The highest BCUT2D eigenvalue weighted by molar-refractivity contribution is 7.92. The molecule has 0 atom stereocenters. The molecule has 8 heteroatoms. The van der Waals surface area contributed by atoms with Gasteiger partial charge in [0.05, 0.1) is 19.1 Å². The van der Waals surface area contributed by atoms with Gasteiger partial charge in [0.15, 0.2) is 0 Å². The summed E-state index contributed by atoms with van der Waals surface area (Å²) in [5.74, 6) is 0.544. The van der Waals surface area contributed by atoms with Crippen LogP contribution in [-0.4, -0.2) is 39.9 Å². The molecule has 1 aromatic rings. The molecule has 0 spiro atoms. The fraction of sp³-hybridized carbons (Fsp3) is 0.600. The molecule has 1 aromatic carbocycles. The molecule has 0 bridgehead atoms. The van der Waals surface area contributed by atoms with Crippen LogP contribution in [0.25, 0.3) is 0 Å². The molecule has 2 rings (SSSR count). The zero-order valence-electron chi connectivity index (χ0n) is 17.4. The number of hydrogen-bond acceptors (Lipinski definition) is 5. The number of nitrogens with one attached hydrogen (secondary N) is 1. The fourth-order valence-corrected chi connectivity index (χ4v) is 4.31. The molecule has 0 aromatic heterocycles. The molecule has 156 valence electrons. The molecule has 0 aliphatic heterocycles. The summed E-state index contributed by atoms with van der Waals surface area (Å²) >= 11 is 0. The Labute approximate surface area is 168 Å². The smallest absolute Gasteiger partial charge is 0.260 e. The number of hydrogen-bond donors (Lipinski definition) is 1. The zero-order valence-corrected chi connectivity index (χ0v) is 18.2. The molecule has 1 amide bonds. The van der Waals surface area contributed by atoms with Crippen LogP contribution in [0.2, 0.25) is 0 Å². The predicted molar refractivity (Wildman–Crippen MR) is 112 cm³/mol. The first-order chi connectivity index (χ1) is 13.0. The van der Waals surface area contributed by atoms with E-state index in [-0.39, 0.29) is 12.0 Å². The Morgan fingerprint density at radius 2 is 1.86 bits per heavy atom. The Hall–Kier alpha value is -2.09. The van der Waals surface area contributed by atoms with Crippen LogP contribution < -0.4 is 14.5 Å². The Balaban J connectivity index is 2.04. The number of para-hydroxylation sites is 2. The number of hydrazone groups is 1. The van der Waals surface area contributed by atoms with E-state index < -0.39 is 15.9 Å². The molecule has 1 aliphatic rings. The number of nitrogens with zero attached hydrogens (tertiary/aromatic N) is 2. The monoisotopic (exact) mass is 409 g/mol. The van der Waals surface area contributed by atoms with E-state index in [1.807, 2.05) is 0 Å². The number of amides is 1. The van der Waals surface area contributed by atoms with E-state index in [1.54, 1.807) is 24.3 Å². The largest absolute Gasteiger partial charge is 0.495 e. The lowest BCUT2D eigenvalue weighted by molar-refractivity contribution is -0.119. The molecule has 0 unspecified atom stereocenters. The van der Waals surface area contributed by atoms with Crippen molar-refractivity contribution in [2.75, 3.05) is 24.2 Å². The molecular weight excluding hydrogens is 378 g/mol. The van der Waals surface area contributed by atoms with Gasteiger partial charge in [-0.3, -0.25) is 9.10 Å². The van der Waals surface area contributed by atoms with Crippen molar-refractivity contribution in [3.05, 3.63) is 24.3 Å². The van der Waals surface area contributed by atoms with E-state index in [2.05, 4.69) is 31.3 Å². The van der Waals surface area contributed by atoms with Crippen LogP contribution in [-0.2, 0) is 14.8 Å². The number of carbonyl (C=O) groups is 1. The summed E-state index contributed by atoms with van der Waals surface area (Å²) in [6.45, 7) is 6.39. The van der Waals surface area contributed by atoms with Gasteiger partial charge in [-0.15, -0.1) is 0 Å². The molecule has 1 aliphatic carbocycles. The van der Waals surface area contributed by atoms with Crippen molar-refractivity contribution in [1.29, 1.82) is 0 Å². The summed E-state index contributed by atoms with van der Waals surface area (Å²) in [4.78, 5) is 12.4. The minimum atomic E-state index is -3.67. The topological polar surface area (TPSA) is 88.1 Å². The molecule has 7 nitrogen and oxygen atoms in total. The van der Waals surface area contributed by atoms with Crippen LogP contribution in [0.3, 0.4) is 0 Å². The van der Waals surface area contributed by atoms with Gasteiger partial charge in [-0.2, -0.15) is 5.10 Å². The molecule has 0 saturated heterocycles. The van der Waals surface area contributed by atoms with E-state index in [1.165, 1.54) is 7.11 Å². The highest BCUT2D eigenvalue weighted by Crippen LogP contribution is 2.36. The van der Waals surface area contributed by atoms with Crippen LogP contribution in [0, 0.1) is 11.3 Å². The van der Waals surface area contributed by atoms with Gasteiger partial charge < -0.3 is 4.74 Å². The van der Waals surface area contributed by atoms with Crippen molar-refractivity contribution < 1.29 is 17.9 Å². The van der Waals surface area contributed by atoms with E-state index in [4.69, 9.17) is 4.74 Å². The Morgan fingerprint density at radius 1 is 1.25 bits per heavy atom. The van der Waals surface area contributed by atoms with Gasteiger partial charge in [-0.25, -0.2) is 13.8 Å². The second kappa shape index (κ2) is 8.94. The van der Waals surface area contributed by atoms with Crippen molar-refractivity contribution in [3.63, 3.8) is 0 Å². The number of methoxy groups -OCH3 is 1. The third-order valence-corrected chi connectivity index (χ3v) is 6.29. The number of ether oxygens (including phenoxy) is 1. The number of benzene rings is 1. The first-order valence-corrected chi connectivity index (χ1v) is 11.3. The second-order valence-electron chi connectivity index (χ2n) is 8.29. The number of anilines is 1. The molecule has 0 radical (unpaired) electrons. The average Bonchev–Trinajstić information content (AvgIpc) is 2.63. The lowest BCUT2D eigenvalue weighted by Gasteiger charge is -2.34. The minimum Gasteiger partial charge on any atom is -0.495 e. The Kier molecular flexibility index (Phi) is 7.09. The maximum absolute atomic E-state index is 12.4. The number of carbonyl (C=O) groups excluding carboxylic acids is 1. The lowest BCUT2D eigenvalue weighted by Crippen LogP contribution is -2.39. The summed E-state index contributed by atoms with van der Waals surface area (Å²) < 4.78 is 30.7. The molecule has 1 saturated carbocycles. The summed E-state index contributed by atoms with van der Waals surface area (Å²) in [6, 6.07) is 6.69. The van der Waals surface area contributed by atoms with E-state index in [0.717, 1.165) is 42.0 Å². The molecule has 1 N–H and O–H groups in total. The molecule has 1 fully saturated rings. The number of rotatable bonds is 6. The van der Waals surface area contributed by atoms with E-state index in [9.17, 15) is 13.2 Å². The van der Waals surface area contributed by atoms with Crippen LogP contribution in [0.1, 0.15) is 46.5 Å². The van der Waals surface area contributed by atoms with Crippen LogP contribution in [0.15, 0.2) is 29.4 Å². The van der Waals surface area contributed by atoms with Gasteiger partial charge in [-0.1, -0.05) is 32.9 Å².